The molecule has 0 aromatic heterocycles. The lowest BCUT2D eigenvalue weighted by atomic mass is 10.4. The van der Waals surface area contributed by atoms with Crippen molar-refractivity contribution in [2.45, 2.75) is 25.5 Å². The smallest absolute Gasteiger partial charge is 0.358 e. The third-order valence-electron chi connectivity index (χ3n) is 1.86. The monoisotopic (exact) mass is 191 g/mol. The van der Waals surface area contributed by atoms with Crippen molar-refractivity contribution < 1.29 is 4.92 Å². The predicted octanol–water partition coefficient (Wildman–Crippen LogP) is 0.908. The Bertz CT molecular complexity index is 231. The Labute approximate surface area is 75.2 Å². The average molecular weight is 192 g/mol. The zero-order chi connectivity index (χ0) is 9.30. The third-order valence-corrected chi connectivity index (χ3v) is 2.30. The summed E-state index contributed by atoms with van der Waals surface area (Å²) in [6.07, 6.45) is -0.183. The topological polar surface area (TPSA) is 58.7 Å². The van der Waals surface area contributed by atoms with E-state index < -0.39 is 10.4 Å². The minimum atomic E-state index is -0.681. The quantitative estimate of drug-likeness (QED) is 0.268. The molecule has 0 aliphatic carbocycles. The highest BCUT2D eigenvalue weighted by Crippen LogP contribution is 2.19. The van der Waals surface area contributed by atoms with Gasteiger partial charge in [0.2, 0.25) is 0 Å². The van der Waals surface area contributed by atoms with Crippen molar-refractivity contribution in [3.05, 3.63) is 10.1 Å². The van der Waals surface area contributed by atoms with Crippen molar-refractivity contribution in [3.63, 3.8) is 0 Å². The minimum absolute atomic E-state index is 0.147. The van der Waals surface area contributed by atoms with Crippen LogP contribution in [0.3, 0.4) is 0 Å². The number of nitrogens with zero attached hydrogens (tertiary/aromatic N) is 3. The normalized spacial score (nSPS) is 30.4. The maximum absolute atomic E-state index is 10.4. The Balaban J connectivity index is 2.81. The lowest BCUT2D eigenvalue weighted by Crippen LogP contribution is -2.36. The summed E-state index contributed by atoms with van der Waals surface area (Å²) in [5.41, 5.74) is -0.681. The maximum atomic E-state index is 10.4. The molecule has 0 fully saturated rings. The van der Waals surface area contributed by atoms with Crippen LogP contribution < -0.4 is 0 Å². The van der Waals surface area contributed by atoms with Gasteiger partial charge in [-0.3, -0.25) is 0 Å². The molecule has 0 unspecified atom stereocenters. The molecule has 0 radical (unpaired) electrons. The van der Waals surface area contributed by atoms with Gasteiger partial charge in [-0.25, -0.2) is 4.90 Å². The number of likely N-dealkylation sites (N-methyl/N-ethyl adjacent to an activating group) is 1. The van der Waals surface area contributed by atoms with Crippen LogP contribution in [0, 0.1) is 10.1 Å². The van der Waals surface area contributed by atoms with Gasteiger partial charge < -0.3 is 10.1 Å². The lowest BCUT2D eigenvalue weighted by Gasteiger charge is -2.16. The van der Waals surface area contributed by atoms with E-state index in [-0.39, 0.29) is 12.0 Å². The Hall–Kier alpha value is -0.680. The van der Waals surface area contributed by atoms with Gasteiger partial charge in [0, 0.05) is 6.54 Å². The summed E-state index contributed by atoms with van der Waals surface area (Å²) < 4.78 is 0. The van der Waals surface area contributed by atoms with Crippen LogP contribution in [0.1, 0.15) is 13.8 Å². The highest BCUT2D eigenvalue weighted by atomic mass is 35.5. The van der Waals surface area contributed by atoms with Gasteiger partial charge in [0.1, 0.15) is 0 Å². The van der Waals surface area contributed by atoms with Crippen molar-refractivity contribution in [2.75, 3.05) is 6.54 Å². The first-order chi connectivity index (χ1) is 5.57. The molecular weight excluding hydrogens is 182 g/mol. The molecule has 0 saturated carbocycles. The molecule has 0 N–H and O–H groups in total. The van der Waals surface area contributed by atoms with E-state index in [0.717, 1.165) is 0 Å². The summed E-state index contributed by atoms with van der Waals surface area (Å²) in [5, 5.41) is 10.4. The van der Waals surface area contributed by atoms with E-state index >= 15 is 0 Å². The number of hydrogen-bond donors (Lipinski definition) is 0. The zero-order valence-electron chi connectivity index (χ0n) is 6.90. The maximum Gasteiger partial charge on any atom is 0.367 e. The van der Waals surface area contributed by atoms with Crippen molar-refractivity contribution in [1.29, 1.82) is 0 Å². The van der Waals surface area contributed by atoms with Crippen LogP contribution in [-0.4, -0.2) is 33.9 Å². The largest absolute Gasteiger partial charge is 0.367 e. The van der Waals surface area contributed by atoms with Crippen LogP contribution in [0.15, 0.2) is 4.99 Å². The molecule has 0 aromatic carbocycles. The second-order valence-corrected chi connectivity index (χ2v) is 2.96. The summed E-state index contributed by atoms with van der Waals surface area (Å²) in [5.74, 6) is -0.147. The fraction of sp³-hybridized carbons (Fsp3) is 0.833. The van der Waals surface area contributed by atoms with Crippen LogP contribution >= 0.6 is 11.6 Å². The van der Waals surface area contributed by atoms with E-state index in [4.69, 9.17) is 11.6 Å². The molecule has 1 heterocycles. The second-order valence-electron chi connectivity index (χ2n) is 2.54. The molecule has 0 saturated heterocycles. The van der Waals surface area contributed by atoms with Gasteiger partial charge in [0.25, 0.3) is 0 Å². The number of amidine groups is 1. The number of alkyl halides is 1. The first-order valence-electron chi connectivity index (χ1n) is 3.69. The number of halogens is 1. The Morgan fingerprint density at radius 2 is 2.42 bits per heavy atom. The minimum Gasteiger partial charge on any atom is -0.358 e. The molecule has 2 atom stereocenters. The molecule has 6 heteroatoms. The van der Waals surface area contributed by atoms with Crippen LogP contribution in [0.5, 0.6) is 0 Å². The van der Waals surface area contributed by atoms with Gasteiger partial charge in [0.15, 0.2) is 11.7 Å². The molecule has 0 amide bonds. The number of hydrogen-bond acceptors (Lipinski definition) is 4. The molecule has 12 heavy (non-hydrogen) atoms. The summed E-state index contributed by atoms with van der Waals surface area (Å²) in [6.45, 7) is 4.34. The van der Waals surface area contributed by atoms with Crippen LogP contribution in [0.25, 0.3) is 0 Å². The van der Waals surface area contributed by atoms with E-state index in [9.17, 15) is 10.1 Å². The summed E-state index contributed by atoms with van der Waals surface area (Å²) >= 11 is 5.79. The van der Waals surface area contributed by atoms with E-state index in [1.54, 1.807) is 11.8 Å². The molecule has 5 nitrogen and oxygen atoms in total. The number of nitro groups is 1. The van der Waals surface area contributed by atoms with Crippen molar-refractivity contribution in [2.24, 2.45) is 4.99 Å². The summed E-state index contributed by atoms with van der Waals surface area (Å²) in [7, 11) is 0. The SMILES string of the molecule is CCN1[C@H](C)N=C([N+](=O)[O-])[C@H]1Cl. The van der Waals surface area contributed by atoms with Crippen molar-refractivity contribution in [1.82, 2.24) is 4.90 Å². The Morgan fingerprint density at radius 1 is 1.83 bits per heavy atom. The van der Waals surface area contributed by atoms with E-state index in [1.807, 2.05) is 6.92 Å². The lowest BCUT2D eigenvalue weighted by molar-refractivity contribution is -0.353. The van der Waals surface area contributed by atoms with E-state index in [1.165, 1.54) is 0 Å². The predicted molar refractivity (Wildman–Crippen MR) is 45.9 cm³/mol. The van der Waals surface area contributed by atoms with Gasteiger partial charge in [-0.05, 0) is 11.8 Å². The molecule has 0 aromatic rings. The summed E-state index contributed by atoms with van der Waals surface area (Å²) in [6, 6.07) is 0. The first kappa shape index (κ1) is 9.41. The Kier molecular flexibility index (Phi) is 2.64. The van der Waals surface area contributed by atoms with E-state index in [2.05, 4.69) is 4.99 Å². The standard InChI is InChI=1S/C6H10ClN3O2/c1-3-9-4(2)8-6(5(9)7)10(11)12/h4-5H,3H2,1-2H3/t4-,5+/m1/s1. The Morgan fingerprint density at radius 3 is 2.67 bits per heavy atom. The molecule has 0 bridgehead atoms. The number of aliphatic imine (C=N–C) groups is 1. The number of rotatable bonds is 1. The van der Waals surface area contributed by atoms with Gasteiger partial charge in [0.05, 0.1) is 0 Å². The highest BCUT2D eigenvalue weighted by molar-refractivity contribution is 6.30. The first-order valence-corrected chi connectivity index (χ1v) is 4.13. The van der Waals surface area contributed by atoms with Gasteiger partial charge in [-0.1, -0.05) is 23.5 Å². The van der Waals surface area contributed by atoms with Gasteiger partial charge in [-0.15, -0.1) is 0 Å². The molecule has 68 valence electrons. The molecule has 0 spiro atoms. The van der Waals surface area contributed by atoms with Crippen LogP contribution in [0.4, 0.5) is 0 Å². The molecule has 1 rings (SSSR count). The van der Waals surface area contributed by atoms with Crippen LogP contribution in [-0.2, 0) is 0 Å². The average Bonchev–Trinajstić information content (AvgIpc) is 2.27. The fourth-order valence-electron chi connectivity index (χ4n) is 1.22. The van der Waals surface area contributed by atoms with Gasteiger partial charge >= 0.3 is 5.84 Å². The molecular formula is C6H10ClN3O2. The third kappa shape index (κ3) is 1.42. The fourth-order valence-corrected chi connectivity index (χ4v) is 1.66. The van der Waals surface area contributed by atoms with Crippen LogP contribution in [0.2, 0.25) is 0 Å². The van der Waals surface area contributed by atoms with Crippen molar-refractivity contribution >= 4 is 17.4 Å². The van der Waals surface area contributed by atoms with E-state index in [0.29, 0.717) is 6.54 Å². The molecule has 1 aliphatic heterocycles. The molecule has 1 aliphatic rings. The van der Waals surface area contributed by atoms with Gasteiger partial charge in [-0.2, -0.15) is 0 Å². The zero-order valence-corrected chi connectivity index (χ0v) is 7.65. The second kappa shape index (κ2) is 3.37. The highest BCUT2D eigenvalue weighted by Gasteiger charge is 2.41. The van der Waals surface area contributed by atoms with Crippen molar-refractivity contribution in [3.8, 4) is 0 Å². The summed E-state index contributed by atoms with van der Waals surface area (Å²) in [4.78, 5) is 15.4.